The topological polar surface area (TPSA) is 108 Å². The smallest absolute Gasteiger partial charge is 0.339 e. The lowest BCUT2D eigenvalue weighted by Gasteiger charge is -2.22. The SMILES string of the molecule is CCOC(=O)CCCNC(=O)COC(=O)c1c2c(nc3ccccc13)/C(=C/c1ccco1)CCC2. The van der Waals surface area contributed by atoms with Crippen molar-refractivity contribution in [3.8, 4) is 0 Å². The van der Waals surface area contributed by atoms with Gasteiger partial charge in [-0.2, -0.15) is 0 Å². The number of carbonyl (C=O) groups excluding carboxylic acids is 3. The number of amides is 1. The zero-order valence-electron chi connectivity index (χ0n) is 19.7. The highest BCUT2D eigenvalue weighted by Crippen LogP contribution is 2.36. The van der Waals surface area contributed by atoms with E-state index >= 15 is 0 Å². The third-order valence-electron chi connectivity index (χ3n) is 5.75. The van der Waals surface area contributed by atoms with Crippen molar-refractivity contribution in [2.24, 2.45) is 0 Å². The van der Waals surface area contributed by atoms with Crippen molar-refractivity contribution < 1.29 is 28.3 Å². The first-order chi connectivity index (χ1) is 17.1. The molecular formula is C27H28N2O6. The molecule has 1 aliphatic rings. The molecule has 1 aromatic carbocycles. The Morgan fingerprint density at radius 2 is 1.97 bits per heavy atom. The maximum atomic E-state index is 13.2. The monoisotopic (exact) mass is 476 g/mol. The van der Waals surface area contributed by atoms with Gasteiger partial charge in [0.1, 0.15) is 5.76 Å². The predicted molar refractivity (Wildman–Crippen MR) is 130 cm³/mol. The van der Waals surface area contributed by atoms with E-state index in [1.54, 1.807) is 13.2 Å². The number of esters is 2. The molecule has 0 spiro atoms. The first-order valence-corrected chi connectivity index (χ1v) is 11.8. The summed E-state index contributed by atoms with van der Waals surface area (Å²) < 4.78 is 15.8. The Labute approximate surface area is 203 Å². The summed E-state index contributed by atoms with van der Waals surface area (Å²) in [5, 5.41) is 3.36. The molecule has 1 amide bonds. The molecule has 1 N–H and O–H groups in total. The zero-order chi connectivity index (χ0) is 24.6. The lowest BCUT2D eigenvalue weighted by molar-refractivity contribution is -0.143. The van der Waals surface area contributed by atoms with Crippen LogP contribution in [0.4, 0.5) is 0 Å². The summed E-state index contributed by atoms with van der Waals surface area (Å²) in [6, 6.07) is 11.1. The van der Waals surface area contributed by atoms with Gasteiger partial charge in [-0.1, -0.05) is 18.2 Å². The summed E-state index contributed by atoms with van der Waals surface area (Å²) >= 11 is 0. The molecule has 8 heteroatoms. The van der Waals surface area contributed by atoms with Crippen LogP contribution >= 0.6 is 0 Å². The standard InChI is InChI=1S/C27H28N2O6/c1-2-33-24(31)13-6-14-28-23(30)17-35-27(32)25-20-10-3-4-12-22(20)29-26-18(8-5-11-21(25)26)16-19-9-7-15-34-19/h3-4,7,9-10,12,15-16H,2,5-6,8,11,13-14,17H2,1H3,(H,28,30)/b18-16+. The Balaban J connectivity index is 1.50. The number of pyridine rings is 1. The van der Waals surface area contributed by atoms with Crippen LogP contribution in [0.25, 0.3) is 22.6 Å². The number of hydrogen-bond acceptors (Lipinski definition) is 7. The van der Waals surface area contributed by atoms with Gasteiger partial charge in [-0.05, 0) is 68.0 Å². The molecule has 35 heavy (non-hydrogen) atoms. The van der Waals surface area contributed by atoms with Crippen molar-refractivity contribution in [2.45, 2.75) is 39.0 Å². The second kappa shape index (κ2) is 11.5. The maximum Gasteiger partial charge on any atom is 0.339 e. The summed E-state index contributed by atoms with van der Waals surface area (Å²) in [6.07, 6.45) is 6.62. The average Bonchev–Trinajstić information content (AvgIpc) is 3.37. The first-order valence-electron chi connectivity index (χ1n) is 11.8. The zero-order valence-corrected chi connectivity index (χ0v) is 19.7. The molecule has 0 saturated heterocycles. The largest absolute Gasteiger partial charge is 0.466 e. The van der Waals surface area contributed by atoms with Gasteiger partial charge in [-0.25, -0.2) is 9.78 Å². The number of carbonyl (C=O) groups is 3. The molecule has 0 fully saturated rings. The quantitative estimate of drug-likeness (QED) is 0.362. The molecule has 0 bridgehead atoms. The van der Waals surface area contributed by atoms with E-state index in [9.17, 15) is 14.4 Å². The summed E-state index contributed by atoms with van der Waals surface area (Å²) in [4.78, 5) is 41.7. The van der Waals surface area contributed by atoms with Gasteiger partial charge in [-0.15, -0.1) is 0 Å². The number of fused-ring (bicyclic) bond motifs is 2. The number of ether oxygens (including phenoxy) is 2. The van der Waals surface area contributed by atoms with Gasteiger partial charge in [0.25, 0.3) is 5.91 Å². The molecule has 2 aromatic heterocycles. The van der Waals surface area contributed by atoms with Crippen molar-refractivity contribution >= 4 is 40.4 Å². The Hall–Kier alpha value is -3.94. The predicted octanol–water partition coefficient (Wildman–Crippen LogP) is 4.32. The number of nitrogens with one attached hydrogen (secondary N) is 1. The molecular weight excluding hydrogens is 448 g/mol. The highest BCUT2D eigenvalue weighted by atomic mass is 16.5. The summed E-state index contributed by atoms with van der Waals surface area (Å²) in [6.45, 7) is 1.96. The van der Waals surface area contributed by atoms with Gasteiger partial charge in [0, 0.05) is 18.4 Å². The lowest BCUT2D eigenvalue weighted by atomic mass is 9.86. The van der Waals surface area contributed by atoms with Crippen molar-refractivity contribution in [3.05, 3.63) is 65.2 Å². The van der Waals surface area contributed by atoms with Crippen LogP contribution in [0, 0.1) is 0 Å². The normalized spacial score (nSPS) is 13.9. The van der Waals surface area contributed by atoms with Crippen LogP contribution in [0.1, 0.15) is 60.0 Å². The van der Waals surface area contributed by atoms with Crippen molar-refractivity contribution in [3.63, 3.8) is 0 Å². The van der Waals surface area contributed by atoms with Gasteiger partial charge in [0.05, 0.1) is 29.6 Å². The highest BCUT2D eigenvalue weighted by Gasteiger charge is 2.26. The number of nitrogens with zero attached hydrogens (tertiary/aromatic N) is 1. The molecule has 0 saturated carbocycles. The number of para-hydroxylation sites is 1. The molecule has 1 aliphatic carbocycles. The molecule has 0 unspecified atom stereocenters. The molecule has 3 aromatic rings. The van der Waals surface area contributed by atoms with E-state index in [1.807, 2.05) is 42.5 Å². The maximum absolute atomic E-state index is 13.2. The number of rotatable bonds is 9. The minimum absolute atomic E-state index is 0.219. The van der Waals surface area contributed by atoms with Crippen LogP contribution in [0.2, 0.25) is 0 Å². The van der Waals surface area contributed by atoms with Crippen molar-refractivity contribution in [2.75, 3.05) is 19.8 Å². The fourth-order valence-corrected chi connectivity index (χ4v) is 4.20. The fourth-order valence-electron chi connectivity index (χ4n) is 4.20. The van der Waals surface area contributed by atoms with Gasteiger partial charge >= 0.3 is 11.9 Å². The minimum atomic E-state index is -0.555. The third-order valence-corrected chi connectivity index (χ3v) is 5.75. The van der Waals surface area contributed by atoms with Gasteiger partial charge in [0.2, 0.25) is 0 Å². The van der Waals surface area contributed by atoms with E-state index in [1.165, 1.54) is 0 Å². The molecule has 182 valence electrons. The van der Waals surface area contributed by atoms with Crippen LogP contribution in [0.3, 0.4) is 0 Å². The van der Waals surface area contributed by atoms with Crippen LogP contribution in [-0.4, -0.2) is 42.6 Å². The van der Waals surface area contributed by atoms with Crippen LogP contribution < -0.4 is 5.32 Å². The van der Waals surface area contributed by atoms with Crippen LogP contribution in [0.15, 0.2) is 47.1 Å². The summed E-state index contributed by atoms with van der Waals surface area (Å²) in [7, 11) is 0. The number of allylic oxidation sites excluding steroid dienone is 1. The minimum Gasteiger partial charge on any atom is -0.466 e. The number of aromatic nitrogens is 1. The van der Waals surface area contributed by atoms with Crippen LogP contribution in [-0.2, 0) is 25.5 Å². The second-order valence-corrected chi connectivity index (χ2v) is 8.20. The van der Waals surface area contributed by atoms with E-state index in [-0.39, 0.29) is 12.4 Å². The number of benzene rings is 1. The average molecular weight is 477 g/mol. The van der Waals surface area contributed by atoms with Gasteiger partial charge in [0.15, 0.2) is 6.61 Å². The van der Waals surface area contributed by atoms with E-state index in [4.69, 9.17) is 18.9 Å². The highest BCUT2D eigenvalue weighted by molar-refractivity contribution is 6.07. The third kappa shape index (κ3) is 5.95. The fraction of sp³-hybridized carbons (Fsp3) is 0.333. The second-order valence-electron chi connectivity index (χ2n) is 8.20. The van der Waals surface area contributed by atoms with Crippen molar-refractivity contribution in [1.29, 1.82) is 0 Å². The number of furan rings is 1. The Morgan fingerprint density at radius 3 is 2.77 bits per heavy atom. The Morgan fingerprint density at radius 1 is 1.11 bits per heavy atom. The van der Waals surface area contributed by atoms with Crippen LogP contribution in [0.5, 0.6) is 0 Å². The molecule has 0 radical (unpaired) electrons. The molecule has 2 heterocycles. The summed E-state index contributed by atoms with van der Waals surface area (Å²) in [5.74, 6) is -0.553. The van der Waals surface area contributed by atoms with Gasteiger partial charge < -0.3 is 19.2 Å². The first kappa shape index (κ1) is 24.2. The molecule has 8 nitrogen and oxygen atoms in total. The van der Waals surface area contributed by atoms with E-state index in [2.05, 4.69) is 5.32 Å². The molecule has 4 rings (SSSR count). The Bertz CT molecular complexity index is 1250. The van der Waals surface area contributed by atoms with E-state index in [0.717, 1.165) is 35.4 Å². The molecule has 0 atom stereocenters. The van der Waals surface area contributed by atoms with Gasteiger partial charge in [-0.3, -0.25) is 9.59 Å². The van der Waals surface area contributed by atoms with E-state index in [0.29, 0.717) is 42.5 Å². The summed E-state index contributed by atoms with van der Waals surface area (Å²) in [5.41, 5.74) is 3.73. The van der Waals surface area contributed by atoms with E-state index < -0.39 is 18.5 Å². The molecule has 0 aliphatic heterocycles. The number of hydrogen-bond donors (Lipinski definition) is 1. The van der Waals surface area contributed by atoms with Crippen molar-refractivity contribution in [1.82, 2.24) is 10.3 Å². The lowest BCUT2D eigenvalue weighted by Crippen LogP contribution is -2.30. The Kier molecular flexibility index (Phi) is 7.92.